The Morgan fingerprint density at radius 3 is 2.17 bits per heavy atom. The average molecular weight is 432 g/mol. The van der Waals surface area contributed by atoms with Crippen molar-refractivity contribution in [2.75, 3.05) is 44.7 Å². The van der Waals surface area contributed by atoms with Gasteiger partial charge in [0.1, 0.15) is 5.75 Å². The highest BCUT2D eigenvalue weighted by atomic mass is 32.2. The van der Waals surface area contributed by atoms with Gasteiger partial charge in [0.2, 0.25) is 15.9 Å². The Morgan fingerprint density at radius 1 is 1.00 bits per heavy atom. The number of hydrogen-bond acceptors (Lipinski definition) is 6. The summed E-state index contributed by atoms with van der Waals surface area (Å²) in [5.41, 5.74) is 1.15. The Hall–Kier alpha value is -2.91. The number of ketones is 1. The van der Waals surface area contributed by atoms with E-state index in [0.717, 1.165) is 9.99 Å². The molecule has 0 atom stereocenters. The lowest BCUT2D eigenvalue weighted by Gasteiger charge is -2.36. The van der Waals surface area contributed by atoms with E-state index in [0.29, 0.717) is 31.7 Å². The number of phenolic OH excluding ortho intramolecular Hbond substituents is 1. The maximum atomic E-state index is 12.7. The summed E-state index contributed by atoms with van der Waals surface area (Å²) in [7, 11) is -2.48. The van der Waals surface area contributed by atoms with Gasteiger partial charge in [-0.1, -0.05) is 24.3 Å². The van der Waals surface area contributed by atoms with E-state index in [2.05, 4.69) is 0 Å². The molecule has 160 valence electrons. The number of rotatable bonds is 6. The first-order valence-corrected chi connectivity index (χ1v) is 11.0. The third kappa shape index (κ3) is 4.63. The van der Waals surface area contributed by atoms with Crippen LogP contribution in [0, 0.1) is 0 Å². The van der Waals surface area contributed by atoms with Crippen molar-refractivity contribution >= 4 is 27.4 Å². The van der Waals surface area contributed by atoms with Crippen molar-refractivity contribution in [1.29, 1.82) is 0 Å². The number of carbonyl (C=O) groups excluding carboxylic acids is 2. The van der Waals surface area contributed by atoms with E-state index in [1.165, 1.54) is 38.2 Å². The number of likely N-dealkylation sites (N-methyl/N-ethyl adjacent to an activating group) is 1. The number of aromatic hydroxyl groups is 1. The second kappa shape index (κ2) is 8.85. The number of amides is 1. The molecule has 2 aromatic carbocycles. The van der Waals surface area contributed by atoms with Gasteiger partial charge in [-0.15, -0.1) is 0 Å². The normalized spacial score (nSPS) is 14.8. The molecule has 0 aliphatic carbocycles. The number of anilines is 1. The minimum Gasteiger partial charge on any atom is -0.506 e. The van der Waals surface area contributed by atoms with E-state index in [1.807, 2.05) is 17.0 Å². The third-order valence-electron chi connectivity index (χ3n) is 5.18. The van der Waals surface area contributed by atoms with Crippen LogP contribution in [0.5, 0.6) is 5.75 Å². The monoisotopic (exact) mass is 431 g/mol. The maximum absolute atomic E-state index is 12.7. The van der Waals surface area contributed by atoms with Crippen LogP contribution >= 0.6 is 0 Å². The number of hydrogen-bond donors (Lipinski definition) is 1. The number of phenols is 1. The molecule has 1 heterocycles. The van der Waals surface area contributed by atoms with Crippen LogP contribution in [0.25, 0.3) is 0 Å². The molecule has 0 bridgehead atoms. The summed E-state index contributed by atoms with van der Waals surface area (Å²) in [4.78, 5) is 27.7. The molecule has 0 saturated carbocycles. The van der Waals surface area contributed by atoms with Crippen molar-refractivity contribution in [3.63, 3.8) is 0 Å². The van der Waals surface area contributed by atoms with Crippen LogP contribution in [0.4, 0.5) is 5.69 Å². The summed E-state index contributed by atoms with van der Waals surface area (Å²) in [6.07, 6.45) is 0. The van der Waals surface area contributed by atoms with Crippen LogP contribution in [0.15, 0.2) is 53.4 Å². The number of sulfonamides is 1. The van der Waals surface area contributed by atoms with Crippen molar-refractivity contribution in [3.8, 4) is 5.75 Å². The van der Waals surface area contributed by atoms with Gasteiger partial charge in [0.05, 0.1) is 17.1 Å². The van der Waals surface area contributed by atoms with Gasteiger partial charge in [-0.05, 0) is 31.2 Å². The molecule has 2 aromatic rings. The number of para-hydroxylation sites is 2. The SMILES string of the molecule is CC(=O)c1ccc(S(=O)(=O)N(C)CC(=O)N2CCN(c3ccccc3O)CC2)cc1. The first-order chi connectivity index (χ1) is 14.2. The van der Waals surface area contributed by atoms with E-state index in [-0.39, 0.29) is 28.9 Å². The fourth-order valence-corrected chi connectivity index (χ4v) is 4.47. The third-order valence-corrected chi connectivity index (χ3v) is 7.00. The predicted molar refractivity (Wildman–Crippen MR) is 113 cm³/mol. The van der Waals surface area contributed by atoms with Crippen LogP contribution < -0.4 is 4.90 Å². The summed E-state index contributed by atoms with van der Waals surface area (Å²) in [6.45, 7) is 3.11. The minimum absolute atomic E-state index is 0.0344. The lowest BCUT2D eigenvalue weighted by Crippen LogP contribution is -2.51. The number of benzene rings is 2. The fourth-order valence-electron chi connectivity index (χ4n) is 3.35. The number of Topliss-reactive ketones (excluding diaryl/α,β-unsaturated/α-hetero) is 1. The molecule has 1 aliphatic heterocycles. The fraction of sp³-hybridized carbons (Fsp3) is 0.333. The first-order valence-electron chi connectivity index (χ1n) is 9.58. The van der Waals surface area contributed by atoms with E-state index in [1.54, 1.807) is 17.0 Å². The number of piperazine rings is 1. The van der Waals surface area contributed by atoms with Gasteiger partial charge in [-0.2, -0.15) is 4.31 Å². The van der Waals surface area contributed by atoms with Crippen molar-refractivity contribution in [2.45, 2.75) is 11.8 Å². The Kier molecular flexibility index (Phi) is 6.42. The highest BCUT2D eigenvalue weighted by Gasteiger charge is 2.27. The minimum atomic E-state index is -3.84. The van der Waals surface area contributed by atoms with Gasteiger partial charge in [0.25, 0.3) is 0 Å². The zero-order chi connectivity index (χ0) is 21.9. The quantitative estimate of drug-likeness (QED) is 0.697. The van der Waals surface area contributed by atoms with Crippen LogP contribution in [0.3, 0.4) is 0 Å². The Morgan fingerprint density at radius 2 is 1.60 bits per heavy atom. The van der Waals surface area contributed by atoms with Gasteiger partial charge >= 0.3 is 0 Å². The second-order valence-corrected chi connectivity index (χ2v) is 9.24. The standard InChI is InChI=1S/C21H25N3O5S/c1-16(25)17-7-9-18(10-8-17)30(28,29)22(2)15-21(27)24-13-11-23(12-14-24)19-5-3-4-6-20(19)26/h3-10,26H,11-15H2,1-2H3. The maximum Gasteiger partial charge on any atom is 0.243 e. The molecule has 1 saturated heterocycles. The lowest BCUT2D eigenvalue weighted by molar-refractivity contribution is -0.131. The van der Waals surface area contributed by atoms with Crippen LogP contribution in [0.2, 0.25) is 0 Å². The van der Waals surface area contributed by atoms with E-state index in [9.17, 15) is 23.1 Å². The van der Waals surface area contributed by atoms with Gasteiger partial charge in [-0.25, -0.2) is 8.42 Å². The molecule has 8 nitrogen and oxygen atoms in total. The van der Waals surface area contributed by atoms with E-state index in [4.69, 9.17) is 0 Å². The molecule has 0 aromatic heterocycles. The molecule has 30 heavy (non-hydrogen) atoms. The van der Waals surface area contributed by atoms with E-state index >= 15 is 0 Å². The van der Waals surface area contributed by atoms with Crippen LogP contribution in [0.1, 0.15) is 17.3 Å². The zero-order valence-electron chi connectivity index (χ0n) is 17.0. The van der Waals surface area contributed by atoms with Gasteiger partial charge < -0.3 is 14.9 Å². The Balaban J connectivity index is 1.60. The van der Waals surface area contributed by atoms with E-state index < -0.39 is 10.0 Å². The Labute approximate surface area is 176 Å². The summed E-state index contributed by atoms with van der Waals surface area (Å²) in [5, 5.41) is 9.99. The largest absolute Gasteiger partial charge is 0.506 e. The Bertz CT molecular complexity index is 1030. The van der Waals surface area contributed by atoms with Crippen molar-refractivity contribution in [3.05, 3.63) is 54.1 Å². The molecule has 9 heteroatoms. The summed E-state index contributed by atoms with van der Waals surface area (Å²) >= 11 is 0. The first kappa shape index (κ1) is 21.8. The summed E-state index contributed by atoms with van der Waals surface area (Å²) < 4.78 is 26.5. The number of carbonyl (C=O) groups is 2. The predicted octanol–water partition coefficient (Wildman–Crippen LogP) is 1.56. The van der Waals surface area contributed by atoms with Crippen LogP contribution in [-0.4, -0.2) is 74.2 Å². The molecule has 0 spiro atoms. The zero-order valence-corrected chi connectivity index (χ0v) is 17.8. The molecule has 1 aliphatic rings. The van der Waals surface area contributed by atoms with Gasteiger partial charge in [0.15, 0.2) is 5.78 Å². The molecular weight excluding hydrogens is 406 g/mol. The average Bonchev–Trinajstić information content (AvgIpc) is 2.74. The summed E-state index contributed by atoms with van der Waals surface area (Å²) in [6, 6.07) is 12.7. The molecule has 1 N–H and O–H groups in total. The van der Waals surface area contributed by atoms with Gasteiger partial charge in [0, 0.05) is 38.8 Å². The lowest BCUT2D eigenvalue weighted by atomic mass is 10.2. The molecule has 0 radical (unpaired) electrons. The van der Waals surface area contributed by atoms with Crippen molar-refractivity contribution < 1.29 is 23.1 Å². The molecular formula is C21H25N3O5S. The molecule has 1 amide bonds. The smallest absolute Gasteiger partial charge is 0.243 e. The van der Waals surface area contributed by atoms with Crippen molar-refractivity contribution in [2.24, 2.45) is 0 Å². The molecule has 0 unspecified atom stereocenters. The second-order valence-electron chi connectivity index (χ2n) is 7.20. The van der Waals surface area contributed by atoms with Crippen LogP contribution in [-0.2, 0) is 14.8 Å². The number of nitrogens with zero attached hydrogens (tertiary/aromatic N) is 3. The highest BCUT2D eigenvalue weighted by molar-refractivity contribution is 7.89. The molecule has 3 rings (SSSR count). The topological polar surface area (TPSA) is 98.2 Å². The molecule has 1 fully saturated rings. The highest BCUT2D eigenvalue weighted by Crippen LogP contribution is 2.27. The van der Waals surface area contributed by atoms with Crippen molar-refractivity contribution in [1.82, 2.24) is 9.21 Å². The van der Waals surface area contributed by atoms with Gasteiger partial charge in [-0.3, -0.25) is 9.59 Å². The summed E-state index contributed by atoms with van der Waals surface area (Å²) in [5.74, 6) is -0.234.